The van der Waals surface area contributed by atoms with Crippen molar-refractivity contribution in [1.29, 1.82) is 0 Å². The predicted molar refractivity (Wildman–Crippen MR) is 68.3 cm³/mol. The molecule has 1 aliphatic rings. The quantitative estimate of drug-likeness (QED) is 0.781. The van der Waals surface area contributed by atoms with E-state index < -0.39 is 0 Å². The minimum atomic E-state index is 0.113. The fraction of sp³-hybridized carbons (Fsp3) is 0.538. The smallest absolute Gasteiger partial charge is 0.257 e. The second kappa shape index (κ2) is 5.17. The second-order valence-corrected chi connectivity index (χ2v) is 4.62. The molecule has 0 aromatic carbocycles. The number of pyridine rings is 1. The molecule has 4 heteroatoms. The van der Waals surface area contributed by atoms with Gasteiger partial charge in [-0.25, -0.2) is 4.98 Å². The number of likely N-dealkylation sites (tertiary alicyclic amines) is 1. The summed E-state index contributed by atoms with van der Waals surface area (Å²) in [5.41, 5.74) is 0.708. The summed E-state index contributed by atoms with van der Waals surface area (Å²) in [5, 5.41) is 0. The Morgan fingerprint density at radius 3 is 2.65 bits per heavy atom. The summed E-state index contributed by atoms with van der Waals surface area (Å²) in [5.74, 6) is 0.865. The van der Waals surface area contributed by atoms with Crippen molar-refractivity contribution in [2.45, 2.75) is 19.3 Å². The molecular weight excluding hydrogens is 214 g/mol. The third-order valence-electron chi connectivity index (χ3n) is 3.08. The highest BCUT2D eigenvalue weighted by Crippen LogP contribution is 2.19. The largest absolute Gasteiger partial charge is 0.362 e. The Bertz CT molecular complexity index is 397. The van der Waals surface area contributed by atoms with Crippen molar-refractivity contribution >= 4 is 11.7 Å². The van der Waals surface area contributed by atoms with E-state index in [0.717, 1.165) is 31.7 Å². The lowest BCUT2D eigenvalue weighted by Gasteiger charge is -2.28. The lowest BCUT2D eigenvalue weighted by atomic mass is 10.1. The number of hydrogen-bond acceptors (Lipinski definition) is 3. The van der Waals surface area contributed by atoms with Crippen LogP contribution in [0.3, 0.4) is 0 Å². The molecule has 0 spiro atoms. The zero-order valence-electron chi connectivity index (χ0n) is 10.5. The molecule has 1 aromatic rings. The van der Waals surface area contributed by atoms with E-state index in [-0.39, 0.29) is 5.91 Å². The van der Waals surface area contributed by atoms with E-state index in [1.807, 2.05) is 36.0 Å². The summed E-state index contributed by atoms with van der Waals surface area (Å²) < 4.78 is 0. The van der Waals surface area contributed by atoms with Gasteiger partial charge in [-0.05, 0) is 31.4 Å². The minimum absolute atomic E-state index is 0.113. The van der Waals surface area contributed by atoms with Crippen molar-refractivity contribution in [3.05, 3.63) is 23.9 Å². The van der Waals surface area contributed by atoms with Crippen LogP contribution in [-0.2, 0) is 0 Å². The van der Waals surface area contributed by atoms with Crippen LogP contribution in [0.5, 0.6) is 0 Å². The number of hydrogen-bond donors (Lipinski definition) is 0. The molecular formula is C13H19N3O. The minimum Gasteiger partial charge on any atom is -0.362 e. The highest BCUT2D eigenvalue weighted by Gasteiger charge is 2.21. The van der Waals surface area contributed by atoms with Crippen LogP contribution in [0.15, 0.2) is 18.3 Å². The maximum absolute atomic E-state index is 12.4. The van der Waals surface area contributed by atoms with Crippen molar-refractivity contribution in [3.8, 4) is 0 Å². The molecule has 2 heterocycles. The molecule has 1 aromatic heterocycles. The average molecular weight is 233 g/mol. The van der Waals surface area contributed by atoms with Crippen molar-refractivity contribution in [2.75, 3.05) is 32.1 Å². The molecule has 1 amide bonds. The van der Waals surface area contributed by atoms with Crippen LogP contribution in [0.25, 0.3) is 0 Å². The lowest BCUT2D eigenvalue weighted by molar-refractivity contribution is 0.0724. The van der Waals surface area contributed by atoms with E-state index >= 15 is 0 Å². The van der Waals surface area contributed by atoms with Crippen LogP contribution in [0.1, 0.15) is 29.6 Å². The molecule has 1 fully saturated rings. The van der Waals surface area contributed by atoms with Gasteiger partial charge in [0.15, 0.2) is 0 Å². The molecule has 0 bridgehead atoms. The number of piperidine rings is 1. The van der Waals surface area contributed by atoms with Gasteiger partial charge in [0.2, 0.25) is 0 Å². The SMILES string of the molecule is CN(C)c1ncccc1C(=O)N1CCCCC1. The van der Waals surface area contributed by atoms with Gasteiger partial charge in [0.05, 0.1) is 5.56 Å². The van der Waals surface area contributed by atoms with Crippen LogP contribution < -0.4 is 4.90 Å². The van der Waals surface area contributed by atoms with Gasteiger partial charge in [0.1, 0.15) is 5.82 Å². The number of carbonyl (C=O) groups is 1. The normalized spacial score (nSPS) is 15.8. The van der Waals surface area contributed by atoms with E-state index in [2.05, 4.69) is 4.98 Å². The summed E-state index contributed by atoms with van der Waals surface area (Å²) in [6.07, 6.45) is 5.19. The summed E-state index contributed by atoms with van der Waals surface area (Å²) >= 11 is 0. The second-order valence-electron chi connectivity index (χ2n) is 4.62. The number of nitrogens with zero attached hydrogens (tertiary/aromatic N) is 3. The number of anilines is 1. The van der Waals surface area contributed by atoms with Gasteiger partial charge in [0, 0.05) is 33.4 Å². The maximum atomic E-state index is 12.4. The van der Waals surface area contributed by atoms with E-state index in [9.17, 15) is 4.79 Å². The highest BCUT2D eigenvalue weighted by molar-refractivity contribution is 5.98. The van der Waals surface area contributed by atoms with E-state index in [4.69, 9.17) is 0 Å². The average Bonchev–Trinajstić information content (AvgIpc) is 2.39. The van der Waals surface area contributed by atoms with Crippen LogP contribution in [-0.4, -0.2) is 43.0 Å². The van der Waals surface area contributed by atoms with Crippen molar-refractivity contribution in [2.24, 2.45) is 0 Å². The zero-order valence-corrected chi connectivity index (χ0v) is 10.5. The Morgan fingerprint density at radius 1 is 1.29 bits per heavy atom. The van der Waals surface area contributed by atoms with Crippen LogP contribution in [0.2, 0.25) is 0 Å². The number of amides is 1. The molecule has 0 N–H and O–H groups in total. The topological polar surface area (TPSA) is 36.4 Å². The Labute approximate surface area is 102 Å². The zero-order chi connectivity index (χ0) is 12.3. The molecule has 1 saturated heterocycles. The van der Waals surface area contributed by atoms with Gasteiger partial charge in [-0.2, -0.15) is 0 Å². The van der Waals surface area contributed by atoms with Crippen molar-refractivity contribution in [3.63, 3.8) is 0 Å². The molecule has 0 radical (unpaired) electrons. The summed E-state index contributed by atoms with van der Waals surface area (Å²) in [4.78, 5) is 20.5. The summed E-state index contributed by atoms with van der Waals surface area (Å²) in [7, 11) is 3.82. The number of aromatic nitrogens is 1. The Kier molecular flexibility index (Phi) is 3.61. The Balaban J connectivity index is 2.23. The maximum Gasteiger partial charge on any atom is 0.257 e. The van der Waals surface area contributed by atoms with Gasteiger partial charge in [0.25, 0.3) is 5.91 Å². The van der Waals surface area contributed by atoms with Crippen LogP contribution in [0.4, 0.5) is 5.82 Å². The first-order valence-electron chi connectivity index (χ1n) is 6.12. The molecule has 0 atom stereocenters. The third-order valence-corrected chi connectivity index (χ3v) is 3.08. The molecule has 0 aliphatic carbocycles. The Morgan fingerprint density at radius 2 is 2.00 bits per heavy atom. The first-order valence-corrected chi connectivity index (χ1v) is 6.12. The first kappa shape index (κ1) is 11.9. The molecule has 0 unspecified atom stereocenters. The van der Waals surface area contributed by atoms with Gasteiger partial charge in [-0.1, -0.05) is 0 Å². The molecule has 1 aliphatic heterocycles. The van der Waals surface area contributed by atoms with Gasteiger partial charge in [-0.3, -0.25) is 4.79 Å². The van der Waals surface area contributed by atoms with Gasteiger partial charge in [-0.15, -0.1) is 0 Å². The first-order chi connectivity index (χ1) is 8.20. The number of rotatable bonds is 2. The molecule has 2 rings (SSSR count). The summed E-state index contributed by atoms with van der Waals surface area (Å²) in [6.45, 7) is 1.75. The molecule has 17 heavy (non-hydrogen) atoms. The predicted octanol–water partition coefficient (Wildman–Crippen LogP) is 1.77. The molecule has 4 nitrogen and oxygen atoms in total. The highest BCUT2D eigenvalue weighted by atomic mass is 16.2. The third kappa shape index (κ3) is 2.57. The molecule has 92 valence electrons. The number of carbonyl (C=O) groups excluding carboxylic acids is 1. The van der Waals surface area contributed by atoms with Crippen molar-refractivity contribution < 1.29 is 4.79 Å². The monoisotopic (exact) mass is 233 g/mol. The standard InChI is InChI=1S/C13H19N3O/c1-15(2)12-11(7-6-8-14-12)13(17)16-9-4-3-5-10-16/h6-8H,3-5,9-10H2,1-2H3. The van der Waals surface area contributed by atoms with E-state index in [1.165, 1.54) is 6.42 Å². The van der Waals surface area contributed by atoms with Crippen LogP contribution >= 0.6 is 0 Å². The van der Waals surface area contributed by atoms with Gasteiger partial charge < -0.3 is 9.80 Å². The summed E-state index contributed by atoms with van der Waals surface area (Å²) in [6, 6.07) is 3.68. The van der Waals surface area contributed by atoms with Crippen molar-refractivity contribution in [1.82, 2.24) is 9.88 Å². The van der Waals surface area contributed by atoms with E-state index in [1.54, 1.807) is 6.20 Å². The van der Waals surface area contributed by atoms with E-state index in [0.29, 0.717) is 5.56 Å². The lowest BCUT2D eigenvalue weighted by Crippen LogP contribution is -2.36. The fourth-order valence-corrected chi connectivity index (χ4v) is 2.19. The Hall–Kier alpha value is -1.58. The fourth-order valence-electron chi connectivity index (χ4n) is 2.19. The van der Waals surface area contributed by atoms with Gasteiger partial charge >= 0.3 is 0 Å². The van der Waals surface area contributed by atoms with Crippen LogP contribution in [0, 0.1) is 0 Å². The molecule has 0 saturated carbocycles.